The van der Waals surface area contributed by atoms with E-state index in [0.717, 1.165) is 12.8 Å². The Morgan fingerprint density at radius 2 is 1.95 bits per heavy atom. The summed E-state index contributed by atoms with van der Waals surface area (Å²) in [6.07, 6.45) is 4.16. The van der Waals surface area contributed by atoms with Gasteiger partial charge in [0.2, 0.25) is 0 Å². The highest BCUT2D eigenvalue weighted by molar-refractivity contribution is 5.91. The molecule has 0 aliphatic heterocycles. The molecule has 1 saturated carbocycles. The molecule has 0 spiro atoms. The van der Waals surface area contributed by atoms with E-state index in [2.05, 4.69) is 13.8 Å². The van der Waals surface area contributed by atoms with Crippen LogP contribution < -0.4 is 0 Å². The topological polar surface area (TPSA) is 52.6 Å². The highest BCUT2D eigenvalue weighted by atomic mass is 16.6. The van der Waals surface area contributed by atoms with Crippen molar-refractivity contribution in [3.63, 3.8) is 0 Å². The first-order valence-corrected chi connectivity index (χ1v) is 7.19. The molecule has 0 aromatic carbocycles. The van der Waals surface area contributed by atoms with Crippen molar-refractivity contribution in [2.75, 3.05) is 6.61 Å². The van der Waals surface area contributed by atoms with Crippen molar-refractivity contribution in [2.45, 2.75) is 73.3 Å². The molecule has 1 aliphatic carbocycles. The van der Waals surface area contributed by atoms with Crippen molar-refractivity contribution in [3.8, 4) is 0 Å². The molecular formula is C16H30O4. The molecule has 0 amide bonds. The molecule has 0 aromatic heterocycles. The zero-order valence-electron chi connectivity index (χ0n) is 12.5. The van der Waals surface area contributed by atoms with Gasteiger partial charge in [0.1, 0.15) is 12.5 Å². The van der Waals surface area contributed by atoms with Crippen LogP contribution in [0.4, 0.5) is 0 Å². The summed E-state index contributed by atoms with van der Waals surface area (Å²) in [6, 6.07) is 0. The molecule has 0 saturated heterocycles. The predicted octanol–water partition coefficient (Wildman–Crippen LogP) is 3.72. The third-order valence-corrected chi connectivity index (χ3v) is 3.82. The molecule has 0 bridgehead atoms. The lowest BCUT2D eigenvalue weighted by Gasteiger charge is -2.37. The third-order valence-electron chi connectivity index (χ3n) is 3.82. The second-order valence-electron chi connectivity index (χ2n) is 6.20. The molecule has 2 atom stereocenters. The molecule has 4 heteroatoms. The molecule has 0 unspecified atom stereocenters. The van der Waals surface area contributed by atoms with Crippen molar-refractivity contribution < 1.29 is 19.1 Å². The number of rotatable bonds is 5. The minimum absolute atomic E-state index is 0. The molecule has 118 valence electrons. The van der Waals surface area contributed by atoms with Gasteiger partial charge in [0.05, 0.1) is 6.61 Å². The van der Waals surface area contributed by atoms with E-state index < -0.39 is 11.9 Å². The largest absolute Gasteiger partial charge is 0.466 e. The number of carbonyl (C=O) groups excluding carboxylic acids is 2. The predicted molar refractivity (Wildman–Crippen MR) is 79.3 cm³/mol. The van der Waals surface area contributed by atoms with Crippen molar-refractivity contribution in [3.05, 3.63) is 0 Å². The summed E-state index contributed by atoms with van der Waals surface area (Å²) >= 11 is 0. The van der Waals surface area contributed by atoms with Crippen molar-refractivity contribution in [2.24, 2.45) is 11.3 Å². The maximum absolute atomic E-state index is 11.6. The molecular weight excluding hydrogens is 256 g/mol. The monoisotopic (exact) mass is 286 g/mol. The van der Waals surface area contributed by atoms with Crippen molar-refractivity contribution >= 4 is 11.9 Å². The normalized spacial score (nSPS) is 22.3. The third kappa shape index (κ3) is 6.40. The maximum atomic E-state index is 11.6. The van der Waals surface area contributed by atoms with Gasteiger partial charge >= 0.3 is 11.9 Å². The van der Waals surface area contributed by atoms with Gasteiger partial charge in [0.15, 0.2) is 0 Å². The summed E-state index contributed by atoms with van der Waals surface area (Å²) in [4.78, 5) is 22.8. The van der Waals surface area contributed by atoms with Gasteiger partial charge in [-0.2, -0.15) is 0 Å². The molecule has 1 aliphatic rings. The Morgan fingerprint density at radius 1 is 1.30 bits per heavy atom. The molecule has 0 N–H and O–H groups in total. The molecule has 4 nitrogen and oxygen atoms in total. The van der Waals surface area contributed by atoms with Gasteiger partial charge < -0.3 is 9.47 Å². The van der Waals surface area contributed by atoms with Crippen LogP contribution in [0.25, 0.3) is 0 Å². The second-order valence-corrected chi connectivity index (χ2v) is 6.20. The van der Waals surface area contributed by atoms with Crippen molar-refractivity contribution in [1.29, 1.82) is 0 Å². The zero-order valence-corrected chi connectivity index (χ0v) is 12.5. The minimum Gasteiger partial charge on any atom is -0.466 e. The van der Waals surface area contributed by atoms with E-state index in [-0.39, 0.29) is 20.0 Å². The number of carbonyl (C=O) groups is 2. The van der Waals surface area contributed by atoms with E-state index in [4.69, 9.17) is 9.47 Å². The lowest BCUT2D eigenvalue weighted by atomic mass is 9.71. The van der Waals surface area contributed by atoms with Gasteiger partial charge in [0, 0.05) is 0 Å². The van der Waals surface area contributed by atoms with E-state index in [1.165, 1.54) is 12.8 Å². The molecule has 1 fully saturated rings. The summed E-state index contributed by atoms with van der Waals surface area (Å²) in [5.74, 6) is -0.590. The van der Waals surface area contributed by atoms with Crippen LogP contribution in [0.2, 0.25) is 0 Å². The molecule has 20 heavy (non-hydrogen) atoms. The zero-order chi connectivity index (χ0) is 14.5. The molecule has 0 aromatic rings. The molecule has 0 radical (unpaired) electrons. The first-order chi connectivity index (χ1) is 8.84. The van der Waals surface area contributed by atoms with Crippen LogP contribution in [0.5, 0.6) is 0 Å². The van der Waals surface area contributed by atoms with Gasteiger partial charge in [-0.3, -0.25) is 9.59 Å². The smallest absolute Gasteiger partial charge is 0.317 e. The van der Waals surface area contributed by atoms with E-state index in [1.54, 1.807) is 6.92 Å². The highest BCUT2D eigenvalue weighted by Gasteiger charge is 2.32. The summed E-state index contributed by atoms with van der Waals surface area (Å²) in [6.45, 7) is 8.45. The summed E-state index contributed by atoms with van der Waals surface area (Å²) in [5.41, 5.74) is 0.324. The van der Waals surface area contributed by atoms with E-state index in [1.807, 2.05) is 6.92 Å². The Labute approximate surface area is 123 Å². The molecule has 0 heterocycles. The second kappa shape index (κ2) is 8.28. The molecule has 1 rings (SSSR count). The van der Waals surface area contributed by atoms with Gasteiger partial charge in [-0.1, -0.05) is 27.7 Å². The lowest BCUT2D eigenvalue weighted by Crippen LogP contribution is -2.32. The fourth-order valence-corrected chi connectivity index (χ4v) is 2.83. The Morgan fingerprint density at radius 3 is 2.50 bits per heavy atom. The van der Waals surface area contributed by atoms with E-state index in [9.17, 15) is 9.59 Å². The summed E-state index contributed by atoms with van der Waals surface area (Å²) in [5, 5.41) is 0. The van der Waals surface area contributed by atoms with Crippen molar-refractivity contribution in [1.82, 2.24) is 0 Å². The highest BCUT2D eigenvalue weighted by Crippen LogP contribution is 2.40. The van der Waals surface area contributed by atoms with Gasteiger partial charge in [-0.25, -0.2) is 0 Å². The Bertz CT molecular complexity index is 322. The number of ether oxygens (including phenoxy) is 2. The standard InChI is InChI=1S/C15H26O4.CH4/c1-5-18-13(16)9-14(17)19-11(2)12-7-6-8-15(3,4)10-12;/h11-12H,5-10H2,1-4H3;1H4/t11-,12+;/m0./s1. The van der Waals surface area contributed by atoms with E-state index in [0.29, 0.717) is 17.9 Å². The average Bonchev–Trinajstić information content (AvgIpc) is 2.27. The van der Waals surface area contributed by atoms with Crippen LogP contribution >= 0.6 is 0 Å². The summed E-state index contributed by atoms with van der Waals surface area (Å²) < 4.78 is 10.1. The fraction of sp³-hybridized carbons (Fsp3) is 0.875. The number of hydrogen-bond donors (Lipinski definition) is 0. The van der Waals surface area contributed by atoms with Gasteiger partial charge in [-0.15, -0.1) is 0 Å². The van der Waals surface area contributed by atoms with Crippen LogP contribution in [0.15, 0.2) is 0 Å². The van der Waals surface area contributed by atoms with Crippen LogP contribution in [-0.4, -0.2) is 24.6 Å². The van der Waals surface area contributed by atoms with Gasteiger partial charge in [0.25, 0.3) is 0 Å². The number of esters is 2. The quantitative estimate of drug-likeness (QED) is 0.571. The van der Waals surface area contributed by atoms with Crippen LogP contribution in [0, 0.1) is 11.3 Å². The van der Waals surface area contributed by atoms with E-state index >= 15 is 0 Å². The SMILES string of the molecule is C.CCOC(=O)CC(=O)O[C@@H](C)[C@@H]1CCCC(C)(C)C1. The average molecular weight is 286 g/mol. The Hall–Kier alpha value is -1.06. The minimum atomic E-state index is -0.510. The summed E-state index contributed by atoms with van der Waals surface area (Å²) in [7, 11) is 0. The fourth-order valence-electron chi connectivity index (χ4n) is 2.83. The van der Waals surface area contributed by atoms with Crippen LogP contribution in [0.3, 0.4) is 0 Å². The van der Waals surface area contributed by atoms with Crippen LogP contribution in [-0.2, 0) is 19.1 Å². The lowest BCUT2D eigenvalue weighted by molar-refractivity contribution is -0.159. The Kier molecular flexibility index (Phi) is 7.84. The van der Waals surface area contributed by atoms with Crippen LogP contribution in [0.1, 0.15) is 67.2 Å². The first kappa shape index (κ1) is 18.9. The number of hydrogen-bond acceptors (Lipinski definition) is 4. The maximum Gasteiger partial charge on any atom is 0.317 e. The van der Waals surface area contributed by atoms with Gasteiger partial charge in [-0.05, 0) is 44.4 Å². The Balaban J connectivity index is 0.00000361. The first-order valence-electron chi connectivity index (χ1n) is 7.19.